The van der Waals surface area contributed by atoms with Gasteiger partial charge in [0, 0.05) is 5.56 Å². The summed E-state index contributed by atoms with van der Waals surface area (Å²) in [6.07, 6.45) is 0.870. The van der Waals surface area contributed by atoms with E-state index in [0.29, 0.717) is 29.4 Å². The second kappa shape index (κ2) is 4.08. The third-order valence-electron chi connectivity index (χ3n) is 2.22. The molecule has 0 saturated carbocycles. The van der Waals surface area contributed by atoms with Crippen molar-refractivity contribution in [2.24, 2.45) is 0 Å². The Morgan fingerprint density at radius 2 is 2.33 bits per heavy atom. The van der Waals surface area contributed by atoms with Crippen LogP contribution in [-0.2, 0) is 4.84 Å². The van der Waals surface area contributed by atoms with Crippen LogP contribution in [0.2, 0.25) is 5.02 Å². The summed E-state index contributed by atoms with van der Waals surface area (Å²) in [4.78, 5) is 17.0. The Kier molecular flexibility index (Phi) is 2.79. The number of rotatable bonds is 1. The highest BCUT2D eigenvalue weighted by Gasteiger charge is 2.21. The standard InChI is InChI=1S/C10H11ClN2O2/c11-8-3-2-7(6-9(8)12)10(14)13-4-1-5-15-13/h2-3,6H,1,4-5,12H2. The first-order valence-electron chi connectivity index (χ1n) is 4.68. The van der Waals surface area contributed by atoms with E-state index in [9.17, 15) is 4.79 Å². The van der Waals surface area contributed by atoms with Crippen LogP contribution in [0.25, 0.3) is 0 Å². The SMILES string of the molecule is Nc1cc(C(=O)N2CCCO2)ccc1Cl. The van der Waals surface area contributed by atoms with Gasteiger partial charge >= 0.3 is 0 Å². The number of hydrogen-bond donors (Lipinski definition) is 1. The van der Waals surface area contributed by atoms with Crippen molar-refractivity contribution < 1.29 is 9.63 Å². The first kappa shape index (κ1) is 10.3. The number of nitrogens with two attached hydrogens (primary N) is 1. The fourth-order valence-corrected chi connectivity index (χ4v) is 1.55. The molecule has 1 heterocycles. The quantitative estimate of drug-likeness (QED) is 0.742. The highest BCUT2D eigenvalue weighted by Crippen LogP contribution is 2.21. The Hall–Kier alpha value is -1.26. The van der Waals surface area contributed by atoms with Crippen molar-refractivity contribution in [1.82, 2.24) is 5.06 Å². The van der Waals surface area contributed by atoms with E-state index in [0.717, 1.165) is 6.42 Å². The van der Waals surface area contributed by atoms with Crippen LogP contribution in [0.15, 0.2) is 18.2 Å². The molecule has 1 aromatic rings. The highest BCUT2D eigenvalue weighted by molar-refractivity contribution is 6.33. The number of carbonyl (C=O) groups excluding carboxylic acids is 1. The minimum absolute atomic E-state index is 0.170. The molecule has 2 rings (SSSR count). The molecule has 4 nitrogen and oxygen atoms in total. The number of halogens is 1. The number of carbonyl (C=O) groups is 1. The Labute approximate surface area is 92.5 Å². The van der Waals surface area contributed by atoms with Gasteiger partial charge in [0.05, 0.1) is 23.9 Å². The van der Waals surface area contributed by atoms with Gasteiger partial charge < -0.3 is 5.73 Å². The lowest BCUT2D eigenvalue weighted by Gasteiger charge is -2.14. The van der Waals surface area contributed by atoms with Crippen molar-refractivity contribution in [1.29, 1.82) is 0 Å². The maximum atomic E-state index is 11.8. The maximum absolute atomic E-state index is 11.8. The molecule has 0 aromatic heterocycles. The molecule has 1 aliphatic rings. The van der Waals surface area contributed by atoms with Gasteiger partial charge in [0.25, 0.3) is 5.91 Å². The molecule has 0 bridgehead atoms. The lowest BCUT2D eigenvalue weighted by Crippen LogP contribution is -2.26. The van der Waals surface area contributed by atoms with Gasteiger partial charge in [-0.25, -0.2) is 5.06 Å². The van der Waals surface area contributed by atoms with Crippen LogP contribution in [0.1, 0.15) is 16.8 Å². The monoisotopic (exact) mass is 226 g/mol. The van der Waals surface area contributed by atoms with Gasteiger partial charge in [0.2, 0.25) is 0 Å². The number of hydrogen-bond acceptors (Lipinski definition) is 3. The molecule has 1 fully saturated rings. The van der Waals surface area contributed by atoms with E-state index in [2.05, 4.69) is 0 Å². The van der Waals surface area contributed by atoms with Gasteiger partial charge in [-0.05, 0) is 24.6 Å². The zero-order chi connectivity index (χ0) is 10.8. The smallest absolute Gasteiger partial charge is 0.277 e. The number of nitrogens with zero attached hydrogens (tertiary/aromatic N) is 1. The molecule has 5 heteroatoms. The van der Waals surface area contributed by atoms with Gasteiger partial charge in [-0.3, -0.25) is 9.63 Å². The van der Waals surface area contributed by atoms with E-state index in [1.54, 1.807) is 18.2 Å². The summed E-state index contributed by atoms with van der Waals surface area (Å²) >= 11 is 5.76. The maximum Gasteiger partial charge on any atom is 0.277 e. The van der Waals surface area contributed by atoms with Gasteiger partial charge in [-0.15, -0.1) is 0 Å². The fourth-order valence-electron chi connectivity index (χ4n) is 1.43. The summed E-state index contributed by atoms with van der Waals surface area (Å²) in [5.41, 5.74) is 6.52. The van der Waals surface area contributed by atoms with Gasteiger partial charge in [-0.1, -0.05) is 11.6 Å². The van der Waals surface area contributed by atoms with Crippen molar-refractivity contribution >= 4 is 23.2 Å². The van der Waals surface area contributed by atoms with Crippen LogP contribution in [0.5, 0.6) is 0 Å². The number of anilines is 1. The summed E-state index contributed by atoms with van der Waals surface area (Å²) < 4.78 is 0. The molecule has 0 radical (unpaired) electrons. The number of amides is 1. The minimum Gasteiger partial charge on any atom is -0.398 e. The van der Waals surface area contributed by atoms with Crippen molar-refractivity contribution in [2.75, 3.05) is 18.9 Å². The molecule has 0 atom stereocenters. The van der Waals surface area contributed by atoms with Crippen LogP contribution in [0.3, 0.4) is 0 Å². The van der Waals surface area contributed by atoms with E-state index >= 15 is 0 Å². The third kappa shape index (κ3) is 2.06. The molecule has 1 aliphatic heterocycles. The van der Waals surface area contributed by atoms with Crippen LogP contribution >= 0.6 is 11.6 Å². The number of hydroxylamine groups is 2. The summed E-state index contributed by atoms with van der Waals surface area (Å²) in [5, 5.41) is 1.80. The normalized spacial score (nSPS) is 15.7. The largest absolute Gasteiger partial charge is 0.398 e. The molecular weight excluding hydrogens is 216 g/mol. The molecule has 80 valence electrons. The molecule has 15 heavy (non-hydrogen) atoms. The lowest BCUT2D eigenvalue weighted by atomic mass is 10.2. The van der Waals surface area contributed by atoms with E-state index in [1.807, 2.05) is 0 Å². The Bertz CT molecular complexity index is 389. The summed E-state index contributed by atoms with van der Waals surface area (Å²) in [7, 11) is 0. The molecule has 2 N–H and O–H groups in total. The average Bonchev–Trinajstić information content (AvgIpc) is 2.74. The first-order valence-corrected chi connectivity index (χ1v) is 5.06. The molecule has 0 unspecified atom stereocenters. The van der Waals surface area contributed by atoms with Crippen molar-refractivity contribution in [3.63, 3.8) is 0 Å². The van der Waals surface area contributed by atoms with Crippen LogP contribution < -0.4 is 5.73 Å². The minimum atomic E-state index is -0.170. The van der Waals surface area contributed by atoms with E-state index < -0.39 is 0 Å². The summed E-state index contributed by atoms with van der Waals surface area (Å²) in [6.45, 7) is 1.22. The highest BCUT2D eigenvalue weighted by atomic mass is 35.5. The topological polar surface area (TPSA) is 55.6 Å². The molecule has 0 spiro atoms. The second-order valence-electron chi connectivity index (χ2n) is 3.33. The second-order valence-corrected chi connectivity index (χ2v) is 3.74. The van der Waals surface area contributed by atoms with Crippen molar-refractivity contribution in [3.8, 4) is 0 Å². The van der Waals surface area contributed by atoms with Gasteiger partial charge in [-0.2, -0.15) is 0 Å². The van der Waals surface area contributed by atoms with Crippen molar-refractivity contribution in [3.05, 3.63) is 28.8 Å². The summed E-state index contributed by atoms with van der Waals surface area (Å²) in [6, 6.07) is 4.81. The Morgan fingerprint density at radius 3 is 2.93 bits per heavy atom. The van der Waals surface area contributed by atoms with E-state index in [4.69, 9.17) is 22.2 Å². The molecule has 1 aromatic carbocycles. The zero-order valence-electron chi connectivity index (χ0n) is 8.07. The zero-order valence-corrected chi connectivity index (χ0v) is 8.83. The molecule has 1 amide bonds. The van der Waals surface area contributed by atoms with E-state index in [-0.39, 0.29) is 5.91 Å². The van der Waals surface area contributed by atoms with Crippen LogP contribution in [0.4, 0.5) is 5.69 Å². The number of benzene rings is 1. The van der Waals surface area contributed by atoms with Crippen LogP contribution in [-0.4, -0.2) is 24.1 Å². The first-order chi connectivity index (χ1) is 7.18. The molecule has 1 saturated heterocycles. The van der Waals surface area contributed by atoms with E-state index in [1.165, 1.54) is 5.06 Å². The predicted molar refractivity (Wildman–Crippen MR) is 57.5 cm³/mol. The molecule has 0 aliphatic carbocycles. The third-order valence-corrected chi connectivity index (χ3v) is 2.57. The Balaban J connectivity index is 2.21. The Morgan fingerprint density at radius 1 is 1.53 bits per heavy atom. The lowest BCUT2D eigenvalue weighted by molar-refractivity contribution is -0.0768. The van der Waals surface area contributed by atoms with Gasteiger partial charge in [0.1, 0.15) is 0 Å². The summed E-state index contributed by atoms with van der Waals surface area (Å²) in [5.74, 6) is -0.170. The predicted octanol–water partition coefficient (Wildman–Crippen LogP) is 1.70. The average molecular weight is 227 g/mol. The van der Waals surface area contributed by atoms with Crippen molar-refractivity contribution in [2.45, 2.75) is 6.42 Å². The fraction of sp³-hybridized carbons (Fsp3) is 0.300. The molecular formula is C10H11ClN2O2. The van der Waals surface area contributed by atoms with Gasteiger partial charge in [0.15, 0.2) is 0 Å². The number of nitrogen functional groups attached to an aromatic ring is 1. The van der Waals surface area contributed by atoms with Crippen LogP contribution in [0, 0.1) is 0 Å².